The molecule has 2 bridgehead atoms. The number of ether oxygens (including phenoxy) is 1. The van der Waals surface area contributed by atoms with Gasteiger partial charge in [-0.15, -0.1) is 0 Å². The van der Waals surface area contributed by atoms with Crippen LogP contribution in [-0.4, -0.2) is 12.1 Å². The fourth-order valence-corrected chi connectivity index (χ4v) is 4.52. The van der Waals surface area contributed by atoms with Gasteiger partial charge in [-0.05, 0) is 49.4 Å². The summed E-state index contributed by atoms with van der Waals surface area (Å²) >= 11 is 0. The molecule has 0 aromatic rings. The molecule has 0 aromatic heterocycles. The molecule has 0 radical (unpaired) electrons. The molecule has 5 unspecified atom stereocenters. The molecule has 0 spiro atoms. The van der Waals surface area contributed by atoms with Gasteiger partial charge in [0.1, 0.15) is 6.10 Å². The van der Waals surface area contributed by atoms with E-state index in [-0.39, 0.29) is 12.1 Å². The van der Waals surface area contributed by atoms with Gasteiger partial charge in [-0.25, -0.2) is 0 Å². The van der Waals surface area contributed by atoms with E-state index in [0.29, 0.717) is 5.92 Å². The van der Waals surface area contributed by atoms with Crippen LogP contribution in [0.2, 0.25) is 0 Å². The first-order valence-electron chi connectivity index (χ1n) is 6.43. The van der Waals surface area contributed by atoms with Gasteiger partial charge in [-0.2, -0.15) is 0 Å². The van der Waals surface area contributed by atoms with Crippen LogP contribution in [0.4, 0.5) is 0 Å². The van der Waals surface area contributed by atoms with Crippen LogP contribution in [0.25, 0.3) is 0 Å². The third-order valence-corrected chi connectivity index (χ3v) is 4.94. The first-order valence-corrected chi connectivity index (χ1v) is 6.43. The summed E-state index contributed by atoms with van der Waals surface area (Å²) in [6.07, 6.45) is 8.44. The van der Waals surface area contributed by atoms with E-state index in [2.05, 4.69) is 0 Å². The highest BCUT2D eigenvalue weighted by molar-refractivity contribution is 5.66. The summed E-state index contributed by atoms with van der Waals surface area (Å²) in [4.78, 5) is 11.0. The van der Waals surface area contributed by atoms with E-state index in [9.17, 15) is 4.79 Å². The number of rotatable bonds is 1. The maximum absolute atomic E-state index is 11.0. The van der Waals surface area contributed by atoms with Gasteiger partial charge >= 0.3 is 5.97 Å². The van der Waals surface area contributed by atoms with Gasteiger partial charge in [0.2, 0.25) is 0 Å². The van der Waals surface area contributed by atoms with Crippen LogP contribution in [0.3, 0.4) is 0 Å². The molecule has 3 aliphatic rings. The molecule has 15 heavy (non-hydrogen) atoms. The fourth-order valence-electron chi connectivity index (χ4n) is 4.52. The van der Waals surface area contributed by atoms with Gasteiger partial charge in [0.05, 0.1) is 0 Å². The second-order valence-electron chi connectivity index (χ2n) is 5.66. The van der Waals surface area contributed by atoms with E-state index in [0.717, 1.165) is 24.2 Å². The summed E-state index contributed by atoms with van der Waals surface area (Å²) in [6, 6.07) is 0. The second-order valence-corrected chi connectivity index (χ2v) is 5.66. The van der Waals surface area contributed by atoms with E-state index >= 15 is 0 Å². The number of esters is 1. The Morgan fingerprint density at radius 3 is 2.53 bits per heavy atom. The molecular weight excluding hydrogens is 188 g/mol. The minimum Gasteiger partial charge on any atom is -0.462 e. The molecule has 84 valence electrons. The highest BCUT2D eigenvalue weighted by Gasteiger charge is 2.53. The monoisotopic (exact) mass is 208 g/mol. The summed E-state index contributed by atoms with van der Waals surface area (Å²) in [5.41, 5.74) is 0. The molecule has 3 saturated carbocycles. The number of hydrogen-bond donors (Lipinski definition) is 0. The Balaban J connectivity index is 1.72. The van der Waals surface area contributed by atoms with Gasteiger partial charge in [0.25, 0.3) is 0 Å². The van der Waals surface area contributed by atoms with Crippen molar-refractivity contribution >= 4 is 5.97 Å². The van der Waals surface area contributed by atoms with E-state index < -0.39 is 0 Å². The maximum Gasteiger partial charge on any atom is 0.302 e. The summed E-state index contributed by atoms with van der Waals surface area (Å²) < 4.78 is 5.46. The lowest BCUT2D eigenvalue weighted by Gasteiger charge is -2.38. The zero-order chi connectivity index (χ0) is 10.4. The van der Waals surface area contributed by atoms with Crippen molar-refractivity contribution in [3.8, 4) is 0 Å². The number of carbonyl (C=O) groups is 1. The molecular formula is C13H20O2. The summed E-state index contributed by atoms with van der Waals surface area (Å²) in [6.45, 7) is 1.55. The average Bonchev–Trinajstić information content (AvgIpc) is 2.75. The third kappa shape index (κ3) is 1.49. The minimum absolute atomic E-state index is 0.0834. The quantitative estimate of drug-likeness (QED) is 0.619. The van der Waals surface area contributed by atoms with Crippen LogP contribution in [0.1, 0.15) is 45.4 Å². The van der Waals surface area contributed by atoms with E-state index in [1.165, 1.54) is 32.1 Å². The zero-order valence-electron chi connectivity index (χ0n) is 9.45. The molecule has 3 rings (SSSR count). The molecule has 0 aromatic carbocycles. The minimum atomic E-state index is -0.0834. The lowest BCUT2D eigenvalue weighted by atomic mass is 9.70. The first kappa shape index (κ1) is 9.68. The molecule has 0 saturated heterocycles. The van der Waals surface area contributed by atoms with Crippen molar-refractivity contribution in [2.75, 3.05) is 0 Å². The predicted molar refractivity (Wildman–Crippen MR) is 57.2 cm³/mol. The SMILES string of the molecule is CC(=O)OC1CC2CC1C1CCCCC21. The smallest absolute Gasteiger partial charge is 0.302 e. The molecule has 3 fully saturated rings. The second kappa shape index (κ2) is 3.50. The number of hydrogen-bond acceptors (Lipinski definition) is 2. The summed E-state index contributed by atoms with van der Waals surface area (Å²) in [5.74, 6) is 3.38. The van der Waals surface area contributed by atoms with Crippen molar-refractivity contribution in [3.05, 3.63) is 0 Å². The fraction of sp³-hybridized carbons (Fsp3) is 0.923. The zero-order valence-corrected chi connectivity index (χ0v) is 9.45. The van der Waals surface area contributed by atoms with Crippen LogP contribution in [0.5, 0.6) is 0 Å². The highest BCUT2D eigenvalue weighted by Crippen LogP contribution is 2.58. The Kier molecular flexibility index (Phi) is 2.26. The van der Waals surface area contributed by atoms with Crippen molar-refractivity contribution in [1.82, 2.24) is 0 Å². The Hall–Kier alpha value is -0.530. The lowest BCUT2D eigenvalue weighted by Crippen LogP contribution is -2.35. The van der Waals surface area contributed by atoms with Crippen molar-refractivity contribution in [3.63, 3.8) is 0 Å². The molecule has 3 aliphatic carbocycles. The molecule has 5 atom stereocenters. The average molecular weight is 208 g/mol. The molecule has 2 heteroatoms. The highest BCUT2D eigenvalue weighted by atomic mass is 16.5. The summed E-state index contributed by atoms with van der Waals surface area (Å²) in [7, 11) is 0. The van der Waals surface area contributed by atoms with Crippen LogP contribution < -0.4 is 0 Å². The topological polar surface area (TPSA) is 26.3 Å². The van der Waals surface area contributed by atoms with Gasteiger partial charge in [0.15, 0.2) is 0 Å². The van der Waals surface area contributed by atoms with Gasteiger partial charge < -0.3 is 4.74 Å². The number of fused-ring (bicyclic) bond motifs is 5. The largest absolute Gasteiger partial charge is 0.462 e. The van der Waals surface area contributed by atoms with Crippen molar-refractivity contribution in [2.24, 2.45) is 23.7 Å². The van der Waals surface area contributed by atoms with Crippen LogP contribution >= 0.6 is 0 Å². The Bertz CT molecular complexity index is 274. The maximum atomic E-state index is 11.0. The van der Waals surface area contributed by atoms with Gasteiger partial charge in [-0.3, -0.25) is 4.79 Å². The van der Waals surface area contributed by atoms with Gasteiger partial charge in [0, 0.05) is 6.92 Å². The van der Waals surface area contributed by atoms with Crippen LogP contribution in [0, 0.1) is 23.7 Å². The molecule has 0 heterocycles. The van der Waals surface area contributed by atoms with E-state index in [4.69, 9.17) is 4.74 Å². The molecule has 0 N–H and O–H groups in total. The van der Waals surface area contributed by atoms with Crippen molar-refractivity contribution in [1.29, 1.82) is 0 Å². The van der Waals surface area contributed by atoms with E-state index in [1.807, 2.05) is 0 Å². The Labute approximate surface area is 91.4 Å². The predicted octanol–water partition coefficient (Wildman–Crippen LogP) is 2.76. The van der Waals surface area contributed by atoms with Gasteiger partial charge in [-0.1, -0.05) is 12.8 Å². The third-order valence-electron chi connectivity index (χ3n) is 4.94. The Morgan fingerprint density at radius 1 is 1.07 bits per heavy atom. The van der Waals surface area contributed by atoms with Crippen molar-refractivity contribution in [2.45, 2.75) is 51.6 Å². The van der Waals surface area contributed by atoms with Crippen LogP contribution in [0.15, 0.2) is 0 Å². The first-order chi connectivity index (χ1) is 7.25. The number of carbonyl (C=O) groups excluding carboxylic acids is 1. The summed E-state index contributed by atoms with van der Waals surface area (Å²) in [5, 5.41) is 0. The molecule has 0 amide bonds. The van der Waals surface area contributed by atoms with Crippen LogP contribution in [-0.2, 0) is 9.53 Å². The van der Waals surface area contributed by atoms with Crippen molar-refractivity contribution < 1.29 is 9.53 Å². The Morgan fingerprint density at radius 2 is 1.80 bits per heavy atom. The molecule has 2 nitrogen and oxygen atoms in total. The normalized spacial score (nSPS) is 47.7. The molecule has 0 aliphatic heterocycles. The standard InChI is InChI=1S/C13H20O2/c1-8(14)15-13-7-9-6-12(13)11-5-3-2-4-10(9)11/h9-13H,2-7H2,1H3. The van der Waals surface area contributed by atoms with E-state index in [1.54, 1.807) is 6.92 Å². The lowest BCUT2D eigenvalue weighted by molar-refractivity contribution is -0.151.